The molecule has 3 aliphatic rings. The van der Waals surface area contributed by atoms with E-state index < -0.39 is 127 Å². The molecule has 0 aliphatic carbocycles. The molecule has 0 radical (unpaired) electrons. The molecule has 2 amide bonds. The average Bonchev–Trinajstić information content (AvgIpc) is 3.61. The minimum atomic E-state index is -8.68. The van der Waals surface area contributed by atoms with E-state index in [1.165, 1.54) is 0 Å². The van der Waals surface area contributed by atoms with Gasteiger partial charge >= 0.3 is 53.6 Å². The molecule has 0 N–H and O–H groups in total. The molecular weight excluding hydrogens is 725 g/mol. The van der Waals surface area contributed by atoms with E-state index in [0.29, 0.717) is 0 Å². The normalized spacial score (nSPS) is 24.4. The highest BCUT2D eigenvalue weighted by atomic mass is 32.2. The van der Waals surface area contributed by atoms with Gasteiger partial charge in [0.2, 0.25) is 11.8 Å². The van der Waals surface area contributed by atoms with Gasteiger partial charge < -0.3 is 9.47 Å². The van der Waals surface area contributed by atoms with Crippen LogP contribution in [0.3, 0.4) is 0 Å². The lowest BCUT2D eigenvalue weighted by Crippen LogP contribution is -2.74. The summed E-state index contributed by atoms with van der Waals surface area (Å²) >= 11 is 0.0583. The lowest BCUT2D eigenvalue weighted by Gasteiger charge is -2.42. The van der Waals surface area contributed by atoms with Gasteiger partial charge in [0.1, 0.15) is 6.61 Å². The summed E-state index contributed by atoms with van der Waals surface area (Å²) in [5.74, 6) is -62.6. The maximum absolute atomic E-state index is 13.9. The van der Waals surface area contributed by atoms with Crippen LogP contribution in [-0.4, -0.2) is 107 Å². The molecule has 6 nitrogen and oxygen atoms in total. The number of esters is 1. The SMILES string of the molecule is O=C(CCSCCC(F)(F)C(F)(F)C(F)(F)C(F)(F)C(F)(F)C(F)(F)C(F)(F)C(F)(F)F)OCCN1C(=O)[C@@H]2C3C=CC(O3)[C@@H]2C1=O. The number of amides is 2. The molecule has 0 spiro atoms. The molecule has 0 aromatic carbocycles. The highest BCUT2D eigenvalue weighted by Crippen LogP contribution is 2.64. The lowest BCUT2D eigenvalue weighted by molar-refractivity contribution is -0.461. The van der Waals surface area contributed by atoms with Crippen molar-refractivity contribution in [2.45, 2.75) is 72.7 Å². The Kier molecular flexibility index (Phi) is 10.0. The van der Waals surface area contributed by atoms with Gasteiger partial charge in [-0.15, -0.1) is 0 Å². The molecule has 3 rings (SSSR count). The Labute approximate surface area is 254 Å². The molecule has 2 saturated heterocycles. The van der Waals surface area contributed by atoms with Crippen LogP contribution in [0.4, 0.5) is 74.6 Å². The number of fused-ring (bicyclic) bond motifs is 5. The molecule has 270 valence electrons. The van der Waals surface area contributed by atoms with Crippen molar-refractivity contribution in [3.63, 3.8) is 0 Å². The van der Waals surface area contributed by atoms with Gasteiger partial charge in [0.05, 0.1) is 37.0 Å². The predicted octanol–water partition coefficient (Wildman–Crippen LogP) is 5.99. The maximum atomic E-state index is 13.9. The van der Waals surface area contributed by atoms with Crippen LogP contribution in [0.25, 0.3) is 0 Å². The Morgan fingerprint density at radius 3 is 1.55 bits per heavy atom. The molecule has 4 atom stereocenters. The number of alkyl halides is 17. The van der Waals surface area contributed by atoms with Crippen LogP contribution in [0, 0.1) is 11.8 Å². The smallest absolute Gasteiger partial charge is 0.460 e. The molecule has 47 heavy (non-hydrogen) atoms. The number of carbonyl (C=O) groups is 3. The van der Waals surface area contributed by atoms with Crippen molar-refractivity contribution in [1.29, 1.82) is 0 Å². The Hall–Kier alpha value is -2.53. The zero-order valence-corrected chi connectivity index (χ0v) is 23.3. The van der Waals surface area contributed by atoms with Crippen LogP contribution < -0.4 is 0 Å². The van der Waals surface area contributed by atoms with Crippen LogP contribution in [0.2, 0.25) is 0 Å². The van der Waals surface area contributed by atoms with Crippen LogP contribution in [-0.2, 0) is 23.9 Å². The van der Waals surface area contributed by atoms with Crippen LogP contribution in [0.5, 0.6) is 0 Å². The number of thioether (sulfide) groups is 1. The minimum Gasteiger partial charge on any atom is -0.464 e. The first-order valence-electron chi connectivity index (χ1n) is 12.7. The van der Waals surface area contributed by atoms with Gasteiger partial charge in [0, 0.05) is 12.2 Å². The summed E-state index contributed by atoms with van der Waals surface area (Å²) in [6, 6.07) is 0. The largest absolute Gasteiger partial charge is 0.464 e. The van der Waals surface area contributed by atoms with Crippen LogP contribution >= 0.6 is 11.8 Å². The summed E-state index contributed by atoms with van der Waals surface area (Å²) in [7, 11) is 0. The van der Waals surface area contributed by atoms with Gasteiger partial charge in [-0.2, -0.15) is 86.4 Å². The summed E-state index contributed by atoms with van der Waals surface area (Å²) in [6.45, 7) is -0.960. The van der Waals surface area contributed by atoms with E-state index in [1.54, 1.807) is 12.2 Å². The van der Waals surface area contributed by atoms with Crippen molar-refractivity contribution in [3.05, 3.63) is 12.2 Å². The fraction of sp³-hybridized carbons (Fsp3) is 0.783. The Morgan fingerprint density at radius 1 is 0.681 bits per heavy atom. The van der Waals surface area contributed by atoms with E-state index in [4.69, 9.17) is 9.47 Å². The van der Waals surface area contributed by atoms with E-state index in [2.05, 4.69) is 0 Å². The third kappa shape index (κ3) is 5.91. The fourth-order valence-corrected chi connectivity index (χ4v) is 5.64. The number of hydrogen-bond acceptors (Lipinski definition) is 6. The molecule has 0 aromatic rings. The average molecular weight is 743 g/mol. The highest BCUT2D eigenvalue weighted by Gasteiger charge is 2.95. The van der Waals surface area contributed by atoms with Gasteiger partial charge in [-0.05, 0) is 5.75 Å². The van der Waals surface area contributed by atoms with Gasteiger partial charge in [0.15, 0.2) is 0 Å². The molecule has 3 aliphatic heterocycles. The van der Waals surface area contributed by atoms with E-state index >= 15 is 0 Å². The summed E-state index contributed by atoms with van der Waals surface area (Å²) in [4.78, 5) is 37.5. The van der Waals surface area contributed by atoms with E-state index in [9.17, 15) is 89.0 Å². The zero-order valence-electron chi connectivity index (χ0n) is 22.5. The van der Waals surface area contributed by atoms with Crippen LogP contribution in [0.1, 0.15) is 12.8 Å². The van der Waals surface area contributed by atoms with Crippen LogP contribution in [0.15, 0.2) is 12.2 Å². The Balaban J connectivity index is 1.52. The molecule has 2 bridgehead atoms. The van der Waals surface area contributed by atoms with Gasteiger partial charge in [-0.25, -0.2) is 0 Å². The number of imide groups is 1. The summed E-state index contributed by atoms with van der Waals surface area (Å²) in [5.41, 5.74) is 0. The first kappa shape index (κ1) is 38.9. The topological polar surface area (TPSA) is 72.9 Å². The molecule has 0 aromatic heterocycles. The number of halogens is 17. The Bertz CT molecular complexity index is 1240. The van der Waals surface area contributed by atoms with Crippen molar-refractivity contribution in [2.24, 2.45) is 11.8 Å². The standard InChI is InChI=1S/C23H18F17NO5S/c24-16(25,17(26,27)18(28,29)19(30,31)20(32,33)21(34,35)22(36,37)23(38,39)40)4-8-47-7-3-11(42)45-6-5-41-14(43)12-9-1-2-10(46-9)13(12)15(41)44/h1-2,9-10,12-13H,3-8H2/t9?,10?,12-,13+. The summed E-state index contributed by atoms with van der Waals surface area (Å²) in [6.07, 6.45) is -9.19. The third-order valence-corrected chi connectivity index (χ3v) is 8.36. The molecular formula is C23H18F17NO5S. The second kappa shape index (κ2) is 12.1. The maximum Gasteiger partial charge on any atom is 0.460 e. The quantitative estimate of drug-likeness (QED) is 0.0676. The number of rotatable bonds is 15. The zero-order chi connectivity index (χ0) is 36.4. The molecule has 2 unspecified atom stereocenters. The van der Waals surface area contributed by atoms with Crippen molar-refractivity contribution < 1.29 is 98.5 Å². The van der Waals surface area contributed by atoms with E-state index in [0.717, 1.165) is 4.90 Å². The Morgan fingerprint density at radius 2 is 1.11 bits per heavy atom. The van der Waals surface area contributed by atoms with Gasteiger partial charge in [-0.3, -0.25) is 19.3 Å². The van der Waals surface area contributed by atoms with Crippen molar-refractivity contribution in [1.82, 2.24) is 4.90 Å². The number of nitrogens with zero attached hydrogens (tertiary/aromatic N) is 1. The summed E-state index contributed by atoms with van der Waals surface area (Å²) < 4.78 is 236. The molecule has 0 saturated carbocycles. The lowest BCUT2D eigenvalue weighted by atomic mass is 9.85. The van der Waals surface area contributed by atoms with E-state index in [1.807, 2.05) is 0 Å². The second-order valence-electron chi connectivity index (χ2n) is 10.3. The van der Waals surface area contributed by atoms with E-state index in [-0.39, 0.29) is 11.8 Å². The molecule has 3 heterocycles. The number of hydrogen-bond donors (Lipinski definition) is 0. The first-order valence-corrected chi connectivity index (χ1v) is 13.8. The summed E-state index contributed by atoms with van der Waals surface area (Å²) in [5, 5.41) is 0. The molecule has 2 fully saturated rings. The van der Waals surface area contributed by atoms with Gasteiger partial charge in [0.25, 0.3) is 0 Å². The predicted molar refractivity (Wildman–Crippen MR) is 120 cm³/mol. The minimum absolute atomic E-state index is 0.0583. The number of carbonyl (C=O) groups excluding carboxylic acids is 3. The number of ether oxygens (including phenoxy) is 2. The van der Waals surface area contributed by atoms with Crippen molar-refractivity contribution in [3.8, 4) is 0 Å². The monoisotopic (exact) mass is 743 g/mol. The highest BCUT2D eigenvalue weighted by molar-refractivity contribution is 7.99. The first-order chi connectivity index (χ1) is 21.0. The second-order valence-corrected chi connectivity index (χ2v) is 11.5. The molecule has 24 heteroatoms. The fourth-order valence-electron chi connectivity index (χ4n) is 4.72. The number of likely N-dealkylation sites (tertiary alicyclic amines) is 1. The van der Waals surface area contributed by atoms with Crippen molar-refractivity contribution >= 4 is 29.5 Å². The third-order valence-electron chi connectivity index (χ3n) is 7.38. The van der Waals surface area contributed by atoms with Crippen molar-refractivity contribution in [2.75, 3.05) is 24.7 Å². The van der Waals surface area contributed by atoms with Gasteiger partial charge in [-0.1, -0.05) is 12.2 Å².